The lowest BCUT2D eigenvalue weighted by Gasteiger charge is -2.18. The maximum Gasteiger partial charge on any atom is 0.210 e. The van der Waals surface area contributed by atoms with Gasteiger partial charge in [0.25, 0.3) is 0 Å². The summed E-state index contributed by atoms with van der Waals surface area (Å²) in [6.07, 6.45) is 1.13. The summed E-state index contributed by atoms with van der Waals surface area (Å²) >= 11 is 0. The Kier molecular flexibility index (Phi) is 4.96. The molecule has 1 heterocycles. The Morgan fingerprint density at radius 2 is 1.57 bits per heavy atom. The molecule has 0 N–H and O–H groups in total. The molecule has 0 radical (unpaired) electrons. The highest BCUT2D eigenvalue weighted by molar-refractivity contribution is 7.90. The lowest BCUT2D eigenvalue weighted by Crippen LogP contribution is -2.29. The van der Waals surface area contributed by atoms with Gasteiger partial charge in [-0.3, -0.25) is 4.79 Å². The first-order chi connectivity index (χ1) is 12.9. The van der Waals surface area contributed by atoms with Crippen LogP contribution in [0.5, 0.6) is 0 Å². The fourth-order valence-corrected chi connectivity index (χ4v) is 3.86. The normalized spacial score (nSPS) is 16.6. The third-order valence-corrected chi connectivity index (χ3v) is 5.94. The van der Waals surface area contributed by atoms with Crippen molar-refractivity contribution >= 4 is 27.0 Å². The number of halogens is 1. The molecule has 2 aromatic rings. The van der Waals surface area contributed by atoms with Crippen molar-refractivity contribution in [2.24, 2.45) is 0 Å². The molecule has 4 nitrogen and oxygen atoms in total. The zero-order valence-corrected chi connectivity index (χ0v) is 17.4. The summed E-state index contributed by atoms with van der Waals surface area (Å²) in [5.74, 6) is -0.263. The molecule has 0 saturated heterocycles. The Bertz CT molecular complexity index is 1080. The van der Waals surface area contributed by atoms with E-state index in [2.05, 4.69) is 0 Å². The Morgan fingerprint density at radius 1 is 1.00 bits per heavy atom. The molecule has 0 aliphatic carbocycles. The average Bonchev–Trinajstić information content (AvgIpc) is 2.84. The molecule has 2 aromatic carbocycles. The smallest absolute Gasteiger partial charge is 0.210 e. The van der Waals surface area contributed by atoms with Crippen LogP contribution in [0.3, 0.4) is 0 Å². The number of Topliss-reactive ketones (excluding diaryl/α,β-unsaturated/α-hetero) is 1. The number of rotatable bonds is 4. The molecule has 0 amide bonds. The maximum absolute atomic E-state index is 14.5. The van der Waals surface area contributed by atoms with Gasteiger partial charge in [-0.05, 0) is 61.2 Å². The summed E-state index contributed by atoms with van der Waals surface area (Å²) in [4.78, 5) is 13.1. The van der Waals surface area contributed by atoms with Crippen LogP contribution in [0.15, 0.2) is 47.4 Å². The van der Waals surface area contributed by atoms with Crippen LogP contribution in [0, 0.1) is 5.82 Å². The molecule has 0 atom stereocenters. The second-order valence-electron chi connectivity index (χ2n) is 7.83. The van der Waals surface area contributed by atoms with Gasteiger partial charge in [-0.25, -0.2) is 12.8 Å². The summed E-state index contributed by atoms with van der Waals surface area (Å²) in [5.41, 5.74) is 0.794. The fraction of sp³-hybridized carbons (Fsp3) is 0.318. The van der Waals surface area contributed by atoms with Crippen molar-refractivity contribution in [1.82, 2.24) is 0 Å². The van der Waals surface area contributed by atoms with Gasteiger partial charge in [0.1, 0.15) is 11.6 Å². The van der Waals surface area contributed by atoms with Crippen LogP contribution in [-0.2, 0) is 19.4 Å². The van der Waals surface area contributed by atoms with Crippen LogP contribution in [0.2, 0.25) is 0 Å². The minimum atomic E-state index is -3.33. The molecule has 148 valence electrons. The molecule has 1 aliphatic rings. The van der Waals surface area contributed by atoms with E-state index in [0.29, 0.717) is 28.0 Å². The average molecular weight is 402 g/mol. The standard InChI is InChI=1S/C22H23FO4S/c1-13(2)17-11-8-15(12-18(17)23)19-20(27-22(3,4)21(19)24)14-6-9-16(10-7-14)28(5,25)26/h6-13H,1-5H3. The van der Waals surface area contributed by atoms with E-state index in [9.17, 15) is 17.6 Å². The van der Waals surface area contributed by atoms with E-state index in [1.807, 2.05) is 13.8 Å². The van der Waals surface area contributed by atoms with E-state index in [4.69, 9.17) is 4.74 Å². The molecule has 1 aliphatic heterocycles. The van der Waals surface area contributed by atoms with Crippen LogP contribution >= 0.6 is 0 Å². The van der Waals surface area contributed by atoms with Crippen molar-refractivity contribution in [3.63, 3.8) is 0 Å². The second kappa shape index (κ2) is 6.85. The SMILES string of the molecule is CC(C)c1ccc(C2=C(c3ccc(S(C)(=O)=O)cc3)OC(C)(C)C2=O)cc1F. The highest BCUT2D eigenvalue weighted by Crippen LogP contribution is 2.41. The van der Waals surface area contributed by atoms with Gasteiger partial charge in [0.05, 0.1) is 10.5 Å². The predicted molar refractivity (Wildman–Crippen MR) is 107 cm³/mol. The van der Waals surface area contributed by atoms with Crippen molar-refractivity contribution < 1.29 is 22.3 Å². The van der Waals surface area contributed by atoms with Gasteiger partial charge in [0.2, 0.25) is 5.78 Å². The quantitative estimate of drug-likeness (QED) is 0.750. The van der Waals surface area contributed by atoms with Gasteiger partial charge in [-0.2, -0.15) is 0 Å². The molecular formula is C22H23FO4S. The van der Waals surface area contributed by atoms with Crippen LogP contribution in [0.1, 0.15) is 50.3 Å². The second-order valence-corrected chi connectivity index (χ2v) is 9.85. The molecule has 3 rings (SSSR count). The Labute approximate surface area is 165 Å². The van der Waals surface area contributed by atoms with Crippen molar-refractivity contribution in [1.29, 1.82) is 0 Å². The van der Waals surface area contributed by atoms with Crippen molar-refractivity contribution in [2.45, 2.75) is 44.1 Å². The van der Waals surface area contributed by atoms with E-state index >= 15 is 0 Å². The van der Waals surface area contributed by atoms with E-state index in [0.717, 1.165) is 6.26 Å². The number of carbonyl (C=O) groups is 1. The lowest BCUT2D eigenvalue weighted by atomic mass is 9.91. The molecule has 0 saturated carbocycles. The summed E-state index contributed by atoms with van der Waals surface area (Å²) < 4.78 is 43.8. The number of sulfone groups is 1. The summed E-state index contributed by atoms with van der Waals surface area (Å²) in [6, 6.07) is 10.9. The Hall–Kier alpha value is -2.47. The maximum atomic E-state index is 14.5. The third kappa shape index (κ3) is 3.61. The minimum Gasteiger partial charge on any atom is -0.478 e. The van der Waals surface area contributed by atoms with E-state index in [1.165, 1.54) is 18.2 Å². The molecule has 0 bridgehead atoms. The molecule has 6 heteroatoms. The van der Waals surface area contributed by atoms with Crippen molar-refractivity contribution in [3.8, 4) is 0 Å². The van der Waals surface area contributed by atoms with Gasteiger partial charge >= 0.3 is 0 Å². The van der Waals surface area contributed by atoms with Crippen molar-refractivity contribution in [2.75, 3.05) is 6.26 Å². The third-order valence-electron chi connectivity index (χ3n) is 4.81. The number of hydrogen-bond acceptors (Lipinski definition) is 4. The first-order valence-electron chi connectivity index (χ1n) is 9.00. The first-order valence-corrected chi connectivity index (χ1v) is 10.9. The van der Waals surface area contributed by atoms with Gasteiger partial charge in [-0.1, -0.05) is 26.0 Å². The molecule has 0 unspecified atom stereocenters. The minimum absolute atomic E-state index is 0.0259. The largest absolute Gasteiger partial charge is 0.478 e. The van der Waals surface area contributed by atoms with Crippen LogP contribution < -0.4 is 0 Å². The summed E-state index contributed by atoms with van der Waals surface area (Å²) in [6.45, 7) is 7.12. The molecule has 0 fully saturated rings. The van der Waals surface area contributed by atoms with Gasteiger partial charge in [0, 0.05) is 11.8 Å². The van der Waals surface area contributed by atoms with Gasteiger partial charge < -0.3 is 4.74 Å². The molecule has 0 spiro atoms. The molecular weight excluding hydrogens is 379 g/mol. The Balaban J connectivity index is 2.16. The topological polar surface area (TPSA) is 60.4 Å². The lowest BCUT2D eigenvalue weighted by molar-refractivity contribution is -0.125. The Morgan fingerprint density at radius 3 is 2.07 bits per heavy atom. The first kappa shape index (κ1) is 20.3. The number of ether oxygens (including phenoxy) is 1. The van der Waals surface area contributed by atoms with E-state index in [-0.39, 0.29) is 22.4 Å². The highest BCUT2D eigenvalue weighted by atomic mass is 32.2. The van der Waals surface area contributed by atoms with Gasteiger partial charge in [0.15, 0.2) is 15.4 Å². The monoisotopic (exact) mass is 402 g/mol. The predicted octanol–water partition coefficient (Wildman–Crippen LogP) is 4.60. The summed E-state index contributed by atoms with van der Waals surface area (Å²) in [7, 11) is -3.33. The van der Waals surface area contributed by atoms with Crippen LogP contribution in [-0.4, -0.2) is 26.1 Å². The molecule has 0 aromatic heterocycles. The van der Waals surface area contributed by atoms with E-state index in [1.54, 1.807) is 38.1 Å². The summed E-state index contributed by atoms with van der Waals surface area (Å²) in [5, 5.41) is 0. The molecule has 28 heavy (non-hydrogen) atoms. The number of ketones is 1. The zero-order valence-electron chi connectivity index (χ0n) is 16.5. The van der Waals surface area contributed by atoms with E-state index < -0.39 is 15.4 Å². The van der Waals surface area contributed by atoms with Crippen LogP contribution in [0.25, 0.3) is 11.3 Å². The van der Waals surface area contributed by atoms with Crippen LogP contribution in [0.4, 0.5) is 4.39 Å². The highest BCUT2D eigenvalue weighted by Gasteiger charge is 2.43. The number of carbonyl (C=O) groups excluding carboxylic acids is 1. The number of benzene rings is 2. The fourth-order valence-electron chi connectivity index (χ4n) is 3.23. The number of hydrogen-bond donors (Lipinski definition) is 0. The van der Waals surface area contributed by atoms with Gasteiger partial charge in [-0.15, -0.1) is 0 Å². The zero-order chi connectivity index (χ0) is 20.9. The van der Waals surface area contributed by atoms with Crippen molar-refractivity contribution in [3.05, 3.63) is 65.0 Å².